The Balaban J connectivity index is 1.74. The Morgan fingerprint density at radius 3 is 2.32 bits per heavy atom. The Morgan fingerprint density at radius 2 is 1.74 bits per heavy atom. The molecular formula is C21H23Cl2F3N4O. The average molecular weight is 475 g/mol. The molecule has 1 amide bonds. The van der Waals surface area contributed by atoms with Gasteiger partial charge in [0.1, 0.15) is 10.8 Å². The van der Waals surface area contributed by atoms with Crippen molar-refractivity contribution in [3.05, 3.63) is 45.6 Å². The minimum atomic E-state index is -4.55. The monoisotopic (exact) mass is 474 g/mol. The topological polar surface area (TPSA) is 50.2 Å². The van der Waals surface area contributed by atoms with E-state index in [0.29, 0.717) is 10.6 Å². The fourth-order valence-electron chi connectivity index (χ4n) is 4.58. The van der Waals surface area contributed by atoms with Crippen LogP contribution in [0.1, 0.15) is 67.7 Å². The maximum Gasteiger partial charge on any atom is 0.410 e. The van der Waals surface area contributed by atoms with E-state index < -0.39 is 24.2 Å². The predicted molar refractivity (Wildman–Crippen MR) is 114 cm³/mol. The van der Waals surface area contributed by atoms with Crippen molar-refractivity contribution in [2.24, 2.45) is 0 Å². The van der Waals surface area contributed by atoms with Crippen LogP contribution in [0.15, 0.2) is 24.3 Å². The zero-order chi connectivity index (χ0) is 22.5. The van der Waals surface area contributed by atoms with E-state index >= 15 is 0 Å². The lowest BCUT2D eigenvalue weighted by molar-refractivity contribution is -0.173. The first-order chi connectivity index (χ1) is 14.6. The number of halogens is 5. The third-order valence-corrected chi connectivity index (χ3v) is 6.81. The Kier molecular flexibility index (Phi) is 5.89. The van der Waals surface area contributed by atoms with Gasteiger partial charge in [0.05, 0.1) is 6.04 Å². The maximum absolute atomic E-state index is 13.9. The lowest BCUT2D eigenvalue weighted by atomic mass is 9.96. The molecular weight excluding hydrogens is 452 g/mol. The van der Waals surface area contributed by atoms with E-state index in [9.17, 15) is 18.0 Å². The molecule has 1 fully saturated rings. The molecule has 2 aromatic rings. The van der Waals surface area contributed by atoms with Crippen molar-refractivity contribution in [2.75, 3.05) is 5.32 Å². The number of anilines is 1. The highest BCUT2D eigenvalue weighted by atomic mass is 35.5. The average Bonchev–Trinajstić information content (AvgIpc) is 3.03. The van der Waals surface area contributed by atoms with Crippen LogP contribution >= 0.6 is 23.2 Å². The molecule has 2 aliphatic heterocycles. The van der Waals surface area contributed by atoms with Gasteiger partial charge in [-0.2, -0.15) is 18.3 Å². The first kappa shape index (κ1) is 22.3. The number of benzene rings is 1. The molecule has 1 aromatic heterocycles. The van der Waals surface area contributed by atoms with Crippen molar-refractivity contribution in [3.8, 4) is 0 Å². The van der Waals surface area contributed by atoms with Crippen molar-refractivity contribution in [1.29, 1.82) is 0 Å². The second-order valence-corrected chi connectivity index (χ2v) is 9.15. The van der Waals surface area contributed by atoms with Crippen LogP contribution in [0.2, 0.25) is 10.0 Å². The summed E-state index contributed by atoms with van der Waals surface area (Å²) in [5.74, 6) is -0.423. The summed E-state index contributed by atoms with van der Waals surface area (Å²) in [5.41, 5.74) is 0.504. The second kappa shape index (κ2) is 8.20. The highest BCUT2D eigenvalue weighted by Gasteiger charge is 2.48. The van der Waals surface area contributed by atoms with Gasteiger partial charge in [0.15, 0.2) is 11.7 Å². The van der Waals surface area contributed by atoms with Crippen LogP contribution in [0.25, 0.3) is 0 Å². The first-order valence-corrected chi connectivity index (χ1v) is 11.0. The molecule has 0 radical (unpaired) electrons. The molecule has 1 aromatic carbocycles. The number of hydrogen-bond acceptors (Lipinski definition) is 3. The summed E-state index contributed by atoms with van der Waals surface area (Å²) in [6, 6.07) is 4.00. The van der Waals surface area contributed by atoms with Crippen LogP contribution in [0.4, 0.5) is 19.0 Å². The number of amides is 1. The summed E-state index contributed by atoms with van der Waals surface area (Å²) in [6.07, 6.45) is -2.16. The molecule has 1 saturated heterocycles. The number of carbonyl (C=O) groups excluding carboxylic acids is 1. The molecule has 1 N–H and O–H groups in total. The van der Waals surface area contributed by atoms with Crippen molar-refractivity contribution in [1.82, 2.24) is 14.7 Å². The van der Waals surface area contributed by atoms with Gasteiger partial charge in [-0.25, -0.2) is 4.68 Å². The number of likely N-dealkylation sites (tertiary alicyclic amines) is 1. The van der Waals surface area contributed by atoms with E-state index in [-0.39, 0.29) is 35.0 Å². The summed E-state index contributed by atoms with van der Waals surface area (Å²) in [6.45, 7) is 3.87. The van der Waals surface area contributed by atoms with Gasteiger partial charge in [0, 0.05) is 23.5 Å². The van der Waals surface area contributed by atoms with Gasteiger partial charge < -0.3 is 10.2 Å². The number of aromatic nitrogens is 2. The number of nitrogens with zero attached hydrogens (tertiary/aromatic N) is 3. The van der Waals surface area contributed by atoms with Gasteiger partial charge in [-0.1, -0.05) is 35.3 Å². The quantitative estimate of drug-likeness (QED) is 0.559. The summed E-state index contributed by atoms with van der Waals surface area (Å²) >= 11 is 12.4. The molecule has 0 aliphatic carbocycles. The molecule has 168 valence electrons. The van der Waals surface area contributed by atoms with E-state index in [1.54, 1.807) is 29.2 Å². The molecule has 31 heavy (non-hydrogen) atoms. The Morgan fingerprint density at radius 1 is 1.13 bits per heavy atom. The Hall–Kier alpha value is -1.93. The molecule has 0 saturated carbocycles. The zero-order valence-corrected chi connectivity index (χ0v) is 18.6. The van der Waals surface area contributed by atoms with E-state index in [1.165, 1.54) is 0 Å². The molecule has 0 unspecified atom stereocenters. The van der Waals surface area contributed by atoms with Gasteiger partial charge in [-0.05, 0) is 50.8 Å². The van der Waals surface area contributed by atoms with Crippen molar-refractivity contribution >= 4 is 34.9 Å². The van der Waals surface area contributed by atoms with E-state index in [4.69, 9.17) is 23.2 Å². The van der Waals surface area contributed by atoms with Crippen LogP contribution < -0.4 is 5.32 Å². The zero-order valence-electron chi connectivity index (χ0n) is 17.1. The number of alkyl halides is 3. The second-order valence-electron chi connectivity index (χ2n) is 8.34. The number of carbonyl (C=O) groups is 1. The number of hydrogen-bond donors (Lipinski definition) is 1. The summed E-state index contributed by atoms with van der Waals surface area (Å²) in [7, 11) is 0. The van der Waals surface area contributed by atoms with E-state index in [0.717, 1.165) is 23.9 Å². The minimum Gasteiger partial charge on any atom is -0.362 e. The largest absolute Gasteiger partial charge is 0.410 e. The first-order valence-electron chi connectivity index (χ1n) is 10.3. The summed E-state index contributed by atoms with van der Waals surface area (Å²) in [4.78, 5) is 14.9. The highest BCUT2D eigenvalue weighted by Crippen LogP contribution is 2.46. The van der Waals surface area contributed by atoms with Gasteiger partial charge >= 0.3 is 6.18 Å². The fraction of sp³-hybridized carbons (Fsp3) is 0.524. The van der Waals surface area contributed by atoms with Crippen molar-refractivity contribution < 1.29 is 18.0 Å². The molecule has 10 heteroatoms. The number of fused-ring (bicyclic) bond motifs is 1. The molecule has 4 atom stereocenters. The standard InChI is InChI=1S/C21H23Cl2F3N4O/c1-11-4-3-5-12(2)29(11)20(31)18-17(23)19-27-15(13-6-8-14(22)9-7-13)10-16(21(24,25)26)30(19)28-18/h6-9,11-12,15-16,27H,3-5,10H2,1-2H3/t11-,12+,15-,16-/m1/s1. The number of nitrogens with one attached hydrogen (secondary N) is 1. The summed E-state index contributed by atoms with van der Waals surface area (Å²) in [5, 5.41) is 7.55. The Labute approximate surface area is 188 Å². The smallest absolute Gasteiger partial charge is 0.362 e. The van der Waals surface area contributed by atoms with Crippen LogP contribution in [0.5, 0.6) is 0 Å². The highest BCUT2D eigenvalue weighted by molar-refractivity contribution is 6.36. The maximum atomic E-state index is 13.9. The third kappa shape index (κ3) is 4.12. The Bertz CT molecular complexity index is 966. The molecule has 0 spiro atoms. The predicted octanol–water partition coefficient (Wildman–Crippen LogP) is 6.25. The third-order valence-electron chi connectivity index (χ3n) is 6.20. The fourth-order valence-corrected chi connectivity index (χ4v) is 4.97. The number of rotatable bonds is 2. The lowest BCUT2D eigenvalue weighted by Gasteiger charge is -2.38. The molecule has 2 aliphatic rings. The van der Waals surface area contributed by atoms with Crippen molar-refractivity contribution in [2.45, 2.75) is 69.9 Å². The normalized spacial score (nSPS) is 26.4. The van der Waals surface area contributed by atoms with Crippen LogP contribution in [0, 0.1) is 0 Å². The minimum absolute atomic E-state index is 0.0101. The SMILES string of the molecule is C[C@@H]1CCC[C@H](C)N1C(=O)c1nn2c(c1Cl)N[C@@H](c1ccc(Cl)cc1)C[C@@H]2C(F)(F)F. The number of piperidine rings is 1. The molecule has 3 heterocycles. The van der Waals surface area contributed by atoms with E-state index in [1.807, 2.05) is 13.8 Å². The lowest BCUT2D eigenvalue weighted by Crippen LogP contribution is -2.47. The van der Waals surface area contributed by atoms with Gasteiger partial charge in [0.2, 0.25) is 0 Å². The molecule has 4 rings (SSSR count). The van der Waals surface area contributed by atoms with Gasteiger partial charge in [-0.15, -0.1) is 0 Å². The molecule has 5 nitrogen and oxygen atoms in total. The van der Waals surface area contributed by atoms with Crippen LogP contribution in [-0.2, 0) is 0 Å². The van der Waals surface area contributed by atoms with Crippen molar-refractivity contribution in [3.63, 3.8) is 0 Å². The van der Waals surface area contributed by atoms with Crippen LogP contribution in [0.3, 0.4) is 0 Å². The van der Waals surface area contributed by atoms with Gasteiger partial charge in [0.25, 0.3) is 5.91 Å². The molecule has 0 bridgehead atoms. The summed E-state index contributed by atoms with van der Waals surface area (Å²) < 4.78 is 42.7. The van der Waals surface area contributed by atoms with Crippen LogP contribution in [-0.4, -0.2) is 38.8 Å². The van der Waals surface area contributed by atoms with Gasteiger partial charge in [-0.3, -0.25) is 4.79 Å². The van der Waals surface area contributed by atoms with E-state index in [2.05, 4.69) is 10.4 Å².